The van der Waals surface area contributed by atoms with Crippen LogP contribution in [-0.4, -0.2) is 46.2 Å². The number of aliphatic imine (C=N–C) groups is 1. The predicted molar refractivity (Wildman–Crippen MR) is 116 cm³/mol. The zero-order chi connectivity index (χ0) is 22.5. The smallest absolute Gasteiger partial charge is 0.279 e. The monoisotopic (exact) mass is 419 g/mol. The first kappa shape index (κ1) is 22.0. The molecule has 2 heterocycles. The Balaban J connectivity index is 1.83. The first-order chi connectivity index (χ1) is 14.8. The summed E-state index contributed by atoms with van der Waals surface area (Å²) in [5.74, 6) is -0.275. The summed E-state index contributed by atoms with van der Waals surface area (Å²) in [6, 6.07) is 10.3. The van der Waals surface area contributed by atoms with Crippen LogP contribution in [0.3, 0.4) is 0 Å². The standard InChI is InChI=1S/C23H25N5O3/c1-14-8-9-18(31-22-15(2)17(12-24)10-11-26-22)13-28(14)23(30)20-7-5-4-6-19(20)21(29)27-16(3)25/h4-7,10-11,14,18H,8-9,13H2,1-3H3,(H2,25,27,29)/t14-,18-/m1/s1. The largest absolute Gasteiger partial charge is 0.472 e. The molecule has 0 radical (unpaired) electrons. The highest BCUT2D eigenvalue weighted by molar-refractivity contribution is 6.10. The SMILES string of the molecule is CC(N)=NC(=O)c1ccccc1C(=O)N1C[C@H](Oc2nccc(C#N)c2C)CC[C@H]1C. The summed E-state index contributed by atoms with van der Waals surface area (Å²) in [6.07, 6.45) is 2.76. The number of amidine groups is 1. The number of ether oxygens (including phenoxy) is 1. The second-order valence-corrected chi connectivity index (χ2v) is 7.63. The highest BCUT2D eigenvalue weighted by atomic mass is 16.5. The minimum Gasteiger partial charge on any atom is -0.472 e. The molecule has 31 heavy (non-hydrogen) atoms. The van der Waals surface area contributed by atoms with Gasteiger partial charge in [-0.25, -0.2) is 4.98 Å². The number of piperidine rings is 1. The molecule has 0 unspecified atom stereocenters. The number of hydrogen-bond acceptors (Lipinski definition) is 5. The summed E-state index contributed by atoms with van der Waals surface area (Å²) < 4.78 is 6.06. The molecule has 1 aromatic heterocycles. The fourth-order valence-electron chi connectivity index (χ4n) is 3.60. The van der Waals surface area contributed by atoms with Gasteiger partial charge in [0.1, 0.15) is 11.9 Å². The second-order valence-electron chi connectivity index (χ2n) is 7.63. The summed E-state index contributed by atoms with van der Waals surface area (Å²) in [5, 5.41) is 9.22. The van der Waals surface area contributed by atoms with Crippen LogP contribution >= 0.6 is 0 Å². The molecular weight excluding hydrogens is 394 g/mol. The molecule has 0 spiro atoms. The third-order valence-electron chi connectivity index (χ3n) is 5.32. The van der Waals surface area contributed by atoms with Crippen LogP contribution in [0.4, 0.5) is 0 Å². The van der Waals surface area contributed by atoms with Gasteiger partial charge in [-0.3, -0.25) is 9.59 Å². The number of likely N-dealkylation sites (tertiary alicyclic amines) is 1. The van der Waals surface area contributed by atoms with Gasteiger partial charge in [0.05, 0.1) is 29.3 Å². The molecule has 0 bridgehead atoms. The lowest BCUT2D eigenvalue weighted by atomic mass is 9.98. The lowest BCUT2D eigenvalue weighted by molar-refractivity contribution is 0.0369. The number of nitrogens with zero attached hydrogens (tertiary/aromatic N) is 4. The van der Waals surface area contributed by atoms with E-state index in [1.165, 1.54) is 13.1 Å². The zero-order valence-electron chi connectivity index (χ0n) is 17.8. The van der Waals surface area contributed by atoms with Crippen molar-refractivity contribution in [3.05, 3.63) is 58.8 Å². The van der Waals surface area contributed by atoms with Crippen LogP contribution in [0.1, 0.15) is 58.5 Å². The number of benzene rings is 1. The number of carbonyl (C=O) groups is 2. The molecule has 0 saturated carbocycles. The van der Waals surface area contributed by atoms with Gasteiger partial charge >= 0.3 is 0 Å². The highest BCUT2D eigenvalue weighted by Crippen LogP contribution is 2.26. The molecule has 8 heteroatoms. The van der Waals surface area contributed by atoms with E-state index in [2.05, 4.69) is 16.0 Å². The maximum absolute atomic E-state index is 13.4. The molecule has 1 fully saturated rings. The molecular formula is C23H25N5O3. The van der Waals surface area contributed by atoms with E-state index >= 15 is 0 Å². The quantitative estimate of drug-likeness (QED) is 0.601. The van der Waals surface area contributed by atoms with Crippen molar-refractivity contribution in [1.82, 2.24) is 9.88 Å². The van der Waals surface area contributed by atoms with Gasteiger partial charge in [-0.2, -0.15) is 10.3 Å². The molecule has 2 aromatic rings. The molecule has 1 aliphatic heterocycles. The van der Waals surface area contributed by atoms with Gasteiger partial charge in [0.25, 0.3) is 11.8 Å². The molecule has 2 atom stereocenters. The maximum Gasteiger partial charge on any atom is 0.279 e. The first-order valence-corrected chi connectivity index (χ1v) is 10.1. The van der Waals surface area contributed by atoms with Gasteiger partial charge in [0, 0.05) is 17.8 Å². The number of pyridine rings is 1. The third kappa shape index (κ3) is 4.89. The van der Waals surface area contributed by atoms with E-state index in [0.717, 1.165) is 12.8 Å². The molecule has 3 rings (SSSR count). The van der Waals surface area contributed by atoms with Gasteiger partial charge < -0.3 is 15.4 Å². The average molecular weight is 419 g/mol. The van der Waals surface area contributed by atoms with Crippen molar-refractivity contribution in [3.63, 3.8) is 0 Å². The van der Waals surface area contributed by atoms with E-state index in [1.54, 1.807) is 42.2 Å². The maximum atomic E-state index is 13.4. The van der Waals surface area contributed by atoms with E-state index < -0.39 is 5.91 Å². The van der Waals surface area contributed by atoms with Gasteiger partial charge in [-0.1, -0.05) is 12.1 Å². The summed E-state index contributed by atoms with van der Waals surface area (Å²) in [4.78, 5) is 35.5. The molecule has 0 aliphatic carbocycles. The Morgan fingerprint density at radius 1 is 1.26 bits per heavy atom. The van der Waals surface area contributed by atoms with Crippen molar-refractivity contribution in [2.24, 2.45) is 10.7 Å². The number of carbonyl (C=O) groups excluding carboxylic acids is 2. The van der Waals surface area contributed by atoms with E-state index in [0.29, 0.717) is 23.6 Å². The number of rotatable bonds is 4. The van der Waals surface area contributed by atoms with Gasteiger partial charge in [-0.05, 0) is 51.8 Å². The Kier molecular flexibility index (Phi) is 6.65. The average Bonchev–Trinajstić information content (AvgIpc) is 2.75. The Morgan fingerprint density at radius 3 is 2.65 bits per heavy atom. The van der Waals surface area contributed by atoms with Gasteiger partial charge in [-0.15, -0.1) is 0 Å². The molecule has 1 saturated heterocycles. The van der Waals surface area contributed by atoms with Crippen LogP contribution in [0, 0.1) is 18.3 Å². The number of amides is 2. The molecule has 2 amide bonds. The first-order valence-electron chi connectivity index (χ1n) is 10.1. The van der Waals surface area contributed by atoms with Crippen molar-refractivity contribution in [1.29, 1.82) is 5.26 Å². The number of hydrogen-bond donors (Lipinski definition) is 1. The second kappa shape index (κ2) is 9.39. The topological polar surface area (TPSA) is 122 Å². The summed E-state index contributed by atoms with van der Waals surface area (Å²) in [7, 11) is 0. The summed E-state index contributed by atoms with van der Waals surface area (Å²) in [6.45, 7) is 5.63. The van der Waals surface area contributed by atoms with Gasteiger partial charge in [0.2, 0.25) is 5.88 Å². The van der Waals surface area contributed by atoms with Crippen molar-refractivity contribution >= 4 is 17.6 Å². The van der Waals surface area contributed by atoms with Crippen molar-refractivity contribution in [2.75, 3.05) is 6.54 Å². The lowest BCUT2D eigenvalue weighted by Gasteiger charge is -2.38. The predicted octanol–water partition coefficient (Wildman–Crippen LogP) is 2.85. The highest BCUT2D eigenvalue weighted by Gasteiger charge is 2.32. The van der Waals surface area contributed by atoms with E-state index in [-0.39, 0.29) is 35.0 Å². The zero-order valence-corrected chi connectivity index (χ0v) is 17.8. The van der Waals surface area contributed by atoms with Crippen LogP contribution in [0.15, 0.2) is 41.5 Å². The van der Waals surface area contributed by atoms with E-state index in [1.807, 2.05) is 6.92 Å². The Hall–Kier alpha value is -3.73. The van der Waals surface area contributed by atoms with Crippen LogP contribution < -0.4 is 10.5 Å². The minimum atomic E-state index is -0.547. The van der Waals surface area contributed by atoms with Crippen LogP contribution in [0.25, 0.3) is 0 Å². The van der Waals surface area contributed by atoms with Crippen molar-refractivity contribution in [2.45, 2.75) is 45.8 Å². The number of aromatic nitrogens is 1. The summed E-state index contributed by atoms with van der Waals surface area (Å²) in [5.41, 5.74) is 7.21. The third-order valence-corrected chi connectivity index (χ3v) is 5.32. The molecule has 2 N–H and O–H groups in total. The molecule has 1 aliphatic rings. The van der Waals surface area contributed by atoms with Crippen LogP contribution in [0.2, 0.25) is 0 Å². The van der Waals surface area contributed by atoms with E-state index in [9.17, 15) is 14.9 Å². The van der Waals surface area contributed by atoms with Gasteiger partial charge in [0.15, 0.2) is 0 Å². The fourth-order valence-corrected chi connectivity index (χ4v) is 3.60. The molecule has 1 aromatic carbocycles. The van der Waals surface area contributed by atoms with Crippen molar-refractivity contribution < 1.29 is 14.3 Å². The molecule has 160 valence electrons. The van der Waals surface area contributed by atoms with E-state index in [4.69, 9.17) is 10.5 Å². The Bertz CT molecular complexity index is 1070. The minimum absolute atomic E-state index is 0.0187. The lowest BCUT2D eigenvalue weighted by Crippen LogP contribution is -2.49. The summed E-state index contributed by atoms with van der Waals surface area (Å²) >= 11 is 0. The normalized spacial score (nSPS) is 18.9. The van der Waals surface area contributed by atoms with Crippen LogP contribution in [0.5, 0.6) is 5.88 Å². The number of nitriles is 1. The van der Waals surface area contributed by atoms with Crippen LogP contribution in [-0.2, 0) is 0 Å². The Morgan fingerprint density at radius 2 is 1.97 bits per heavy atom. The fraction of sp³-hybridized carbons (Fsp3) is 0.348. The molecule has 8 nitrogen and oxygen atoms in total. The van der Waals surface area contributed by atoms with Crippen molar-refractivity contribution in [3.8, 4) is 11.9 Å². The number of nitrogens with two attached hydrogens (primary N) is 1. The Labute approximate surface area is 181 Å².